The molecule has 18 heavy (non-hydrogen) atoms. The molecule has 0 radical (unpaired) electrons. The third-order valence-electron chi connectivity index (χ3n) is 3.04. The lowest BCUT2D eigenvalue weighted by Crippen LogP contribution is -2.20. The monoisotopic (exact) mass is 246 g/mol. The highest BCUT2D eigenvalue weighted by Crippen LogP contribution is 2.18. The van der Waals surface area contributed by atoms with Crippen LogP contribution in [-0.2, 0) is 9.47 Å². The fourth-order valence-corrected chi connectivity index (χ4v) is 1.89. The second-order valence-corrected chi connectivity index (χ2v) is 4.47. The van der Waals surface area contributed by atoms with Gasteiger partial charge in [0, 0.05) is 12.0 Å². The molecule has 1 atom stereocenters. The Morgan fingerprint density at radius 1 is 1.33 bits per heavy atom. The molecule has 1 heterocycles. The van der Waals surface area contributed by atoms with Crippen molar-refractivity contribution >= 4 is 11.9 Å². The average molecular weight is 246 g/mol. The lowest BCUT2D eigenvalue weighted by atomic mass is 10.1. The van der Waals surface area contributed by atoms with Gasteiger partial charge in [-0.05, 0) is 30.9 Å². The summed E-state index contributed by atoms with van der Waals surface area (Å²) in [6.45, 7) is 2.77. The first-order chi connectivity index (χ1) is 8.79. The van der Waals surface area contributed by atoms with E-state index in [1.807, 2.05) is 19.1 Å². The maximum Gasteiger partial charge on any atom is 0.198 e. The molecule has 0 N–H and O–H groups in total. The minimum absolute atomic E-state index is 0.108. The van der Waals surface area contributed by atoms with Crippen LogP contribution >= 0.6 is 0 Å². The Hall–Kier alpha value is -1.61. The second-order valence-electron chi connectivity index (χ2n) is 4.47. The van der Waals surface area contributed by atoms with Crippen LogP contribution in [0.1, 0.15) is 42.1 Å². The highest BCUT2D eigenvalue weighted by atomic mass is 16.7. The predicted molar refractivity (Wildman–Crippen MR) is 70.2 cm³/mol. The Morgan fingerprint density at radius 3 is 2.72 bits per heavy atom. The van der Waals surface area contributed by atoms with Crippen LogP contribution in [0.4, 0.5) is 0 Å². The van der Waals surface area contributed by atoms with Crippen LogP contribution in [0, 0.1) is 0 Å². The molecule has 0 bridgehead atoms. The first-order valence-corrected chi connectivity index (χ1v) is 6.29. The molecule has 1 aliphatic rings. The molecule has 1 saturated heterocycles. The number of ether oxygens (including phenoxy) is 2. The van der Waals surface area contributed by atoms with Crippen molar-refractivity contribution in [1.82, 2.24) is 0 Å². The van der Waals surface area contributed by atoms with Gasteiger partial charge in [0.15, 0.2) is 6.29 Å². The Bertz CT molecular complexity index is 414. The molecule has 0 aromatic heterocycles. The summed E-state index contributed by atoms with van der Waals surface area (Å²) in [5, 5.41) is 0. The largest absolute Gasteiger partial charge is 0.472 e. The minimum atomic E-state index is -0.108. The van der Waals surface area contributed by atoms with Crippen LogP contribution in [-0.4, -0.2) is 19.2 Å². The van der Waals surface area contributed by atoms with Crippen molar-refractivity contribution in [1.29, 1.82) is 0 Å². The van der Waals surface area contributed by atoms with Crippen LogP contribution in [0.25, 0.3) is 5.57 Å². The van der Waals surface area contributed by atoms with E-state index in [0.29, 0.717) is 5.56 Å². The normalized spacial score (nSPS) is 20.5. The minimum Gasteiger partial charge on any atom is -0.472 e. The molecule has 2 rings (SSSR count). The fraction of sp³-hybridized carbons (Fsp3) is 0.400. The van der Waals surface area contributed by atoms with Crippen LogP contribution < -0.4 is 0 Å². The molecule has 1 aromatic carbocycles. The molecular weight excluding hydrogens is 228 g/mol. The summed E-state index contributed by atoms with van der Waals surface area (Å²) in [6.07, 6.45) is 5.71. The van der Waals surface area contributed by atoms with Gasteiger partial charge in [-0.1, -0.05) is 24.3 Å². The van der Waals surface area contributed by atoms with Gasteiger partial charge in [-0.3, -0.25) is 4.79 Å². The Morgan fingerprint density at radius 2 is 2.11 bits per heavy atom. The Labute approximate surface area is 107 Å². The average Bonchev–Trinajstić information content (AvgIpc) is 2.46. The van der Waals surface area contributed by atoms with Crippen molar-refractivity contribution in [2.24, 2.45) is 0 Å². The lowest BCUT2D eigenvalue weighted by Gasteiger charge is -2.22. The summed E-state index contributed by atoms with van der Waals surface area (Å²) in [6, 6.07) is 7.44. The third kappa shape index (κ3) is 3.44. The first kappa shape index (κ1) is 12.8. The maximum absolute atomic E-state index is 10.6. The van der Waals surface area contributed by atoms with Crippen molar-refractivity contribution in [2.75, 3.05) is 6.61 Å². The third-order valence-corrected chi connectivity index (χ3v) is 3.04. The molecule has 1 aromatic rings. The van der Waals surface area contributed by atoms with Gasteiger partial charge in [-0.25, -0.2) is 0 Å². The predicted octanol–water partition coefficient (Wildman–Crippen LogP) is 3.40. The molecule has 96 valence electrons. The zero-order valence-electron chi connectivity index (χ0n) is 10.6. The van der Waals surface area contributed by atoms with Crippen LogP contribution in [0.15, 0.2) is 30.5 Å². The molecule has 0 spiro atoms. The van der Waals surface area contributed by atoms with E-state index in [1.54, 1.807) is 18.4 Å². The van der Waals surface area contributed by atoms with Crippen molar-refractivity contribution in [3.05, 3.63) is 41.7 Å². The van der Waals surface area contributed by atoms with Gasteiger partial charge < -0.3 is 9.47 Å². The summed E-state index contributed by atoms with van der Waals surface area (Å²) in [7, 11) is 0. The lowest BCUT2D eigenvalue weighted by molar-refractivity contribution is -0.129. The fourth-order valence-electron chi connectivity index (χ4n) is 1.89. The number of hydrogen-bond donors (Lipinski definition) is 0. The maximum atomic E-state index is 10.6. The van der Waals surface area contributed by atoms with Crippen LogP contribution in [0.3, 0.4) is 0 Å². The van der Waals surface area contributed by atoms with E-state index in [4.69, 9.17) is 9.47 Å². The topological polar surface area (TPSA) is 35.5 Å². The van der Waals surface area contributed by atoms with Gasteiger partial charge in [0.05, 0.1) is 12.9 Å². The van der Waals surface area contributed by atoms with E-state index in [0.717, 1.165) is 43.3 Å². The molecule has 1 unspecified atom stereocenters. The summed E-state index contributed by atoms with van der Waals surface area (Å²) in [5.74, 6) is 0. The van der Waals surface area contributed by atoms with Gasteiger partial charge in [0.1, 0.15) is 6.29 Å². The summed E-state index contributed by atoms with van der Waals surface area (Å²) in [5.41, 5.74) is 2.76. The number of benzene rings is 1. The molecule has 0 aliphatic carbocycles. The van der Waals surface area contributed by atoms with E-state index < -0.39 is 0 Å². The van der Waals surface area contributed by atoms with E-state index in [1.165, 1.54) is 0 Å². The summed E-state index contributed by atoms with van der Waals surface area (Å²) < 4.78 is 11.1. The summed E-state index contributed by atoms with van der Waals surface area (Å²) >= 11 is 0. The Kier molecular flexibility index (Phi) is 4.53. The zero-order chi connectivity index (χ0) is 12.8. The smallest absolute Gasteiger partial charge is 0.198 e. The number of hydrogen-bond acceptors (Lipinski definition) is 3. The van der Waals surface area contributed by atoms with Crippen molar-refractivity contribution in [3.63, 3.8) is 0 Å². The Balaban J connectivity index is 1.95. The highest BCUT2D eigenvalue weighted by molar-refractivity contribution is 5.76. The van der Waals surface area contributed by atoms with Crippen molar-refractivity contribution in [2.45, 2.75) is 32.5 Å². The molecule has 0 saturated carbocycles. The molecular formula is C15H18O3. The number of rotatable bonds is 4. The van der Waals surface area contributed by atoms with E-state index in [9.17, 15) is 4.79 Å². The van der Waals surface area contributed by atoms with Gasteiger partial charge in [0.25, 0.3) is 0 Å². The molecule has 3 nitrogen and oxygen atoms in total. The van der Waals surface area contributed by atoms with E-state index in [-0.39, 0.29) is 6.29 Å². The molecule has 3 heteroatoms. The number of carbonyl (C=O) groups excluding carboxylic acids is 1. The molecule has 1 fully saturated rings. The van der Waals surface area contributed by atoms with Gasteiger partial charge in [-0.15, -0.1) is 0 Å². The number of aldehydes is 1. The summed E-state index contributed by atoms with van der Waals surface area (Å²) in [4.78, 5) is 10.6. The van der Waals surface area contributed by atoms with E-state index >= 15 is 0 Å². The van der Waals surface area contributed by atoms with Crippen LogP contribution in [0.5, 0.6) is 0 Å². The standard InChI is InChI=1S/C15H18O3/c1-12(11-18-15-4-2-3-9-17-15)14-7-5-13(10-16)6-8-14/h5-8,10-11,15H,2-4,9H2,1H3/b12-11+. The van der Waals surface area contributed by atoms with Gasteiger partial charge >= 0.3 is 0 Å². The number of allylic oxidation sites excluding steroid dienone is 1. The highest BCUT2D eigenvalue weighted by Gasteiger charge is 2.13. The quantitative estimate of drug-likeness (QED) is 0.603. The second kappa shape index (κ2) is 6.36. The van der Waals surface area contributed by atoms with E-state index in [2.05, 4.69) is 0 Å². The molecule has 0 amide bonds. The van der Waals surface area contributed by atoms with Crippen LogP contribution in [0.2, 0.25) is 0 Å². The SMILES string of the molecule is C/C(=C\OC1CCCCO1)c1ccc(C=O)cc1. The molecule has 1 aliphatic heterocycles. The van der Waals surface area contributed by atoms with Gasteiger partial charge in [-0.2, -0.15) is 0 Å². The van der Waals surface area contributed by atoms with Crippen molar-refractivity contribution < 1.29 is 14.3 Å². The number of carbonyl (C=O) groups is 1. The van der Waals surface area contributed by atoms with Gasteiger partial charge in [0.2, 0.25) is 0 Å². The van der Waals surface area contributed by atoms with Crippen molar-refractivity contribution in [3.8, 4) is 0 Å². The zero-order valence-corrected chi connectivity index (χ0v) is 10.6. The first-order valence-electron chi connectivity index (χ1n) is 6.29.